The fourth-order valence-electron chi connectivity index (χ4n) is 1.51. The second-order valence-electron chi connectivity index (χ2n) is 3.52. The van der Waals surface area contributed by atoms with E-state index in [9.17, 15) is 4.39 Å². The summed E-state index contributed by atoms with van der Waals surface area (Å²) in [5.41, 5.74) is 7.37. The van der Waals surface area contributed by atoms with Gasteiger partial charge in [-0.25, -0.2) is 4.39 Å². The first-order valence-corrected chi connectivity index (χ1v) is 5.02. The van der Waals surface area contributed by atoms with Gasteiger partial charge in [0.1, 0.15) is 17.4 Å². The van der Waals surface area contributed by atoms with Gasteiger partial charge in [0.05, 0.1) is 5.69 Å². The Bertz CT molecular complexity index is 587. The molecule has 2 aromatic rings. The molecule has 84 valence electrons. The molecule has 0 aliphatic rings. The summed E-state index contributed by atoms with van der Waals surface area (Å²) in [5.74, 6) is -0.540. The maximum atomic E-state index is 13.3. The number of nitrogen functional groups attached to an aromatic ring is 1. The van der Waals surface area contributed by atoms with E-state index in [0.717, 1.165) is 0 Å². The largest absolute Gasteiger partial charge is 0.399 e. The molecule has 0 aliphatic carbocycles. The average Bonchev–Trinajstić information content (AvgIpc) is 2.29. The second-order valence-corrected chi connectivity index (χ2v) is 3.52. The Morgan fingerprint density at radius 1 is 1.18 bits per heavy atom. The second kappa shape index (κ2) is 4.54. The number of nitrogens with zero attached hydrogens (tertiary/aromatic N) is 1. The smallest absolute Gasteiger partial charge is 0.143 e. The molecule has 2 rings (SSSR count). The van der Waals surface area contributed by atoms with E-state index in [4.69, 9.17) is 11.0 Å². The third-order valence-corrected chi connectivity index (χ3v) is 2.29. The minimum absolute atomic E-state index is 0.00470. The van der Waals surface area contributed by atoms with Crippen LogP contribution < -0.4 is 11.1 Å². The SMILES string of the molecule is N#Cc1c(F)cccc1Nc1cccc(N)c1. The van der Waals surface area contributed by atoms with Crippen molar-refractivity contribution in [2.24, 2.45) is 0 Å². The Morgan fingerprint density at radius 3 is 2.65 bits per heavy atom. The van der Waals surface area contributed by atoms with Crippen molar-refractivity contribution in [1.29, 1.82) is 5.26 Å². The van der Waals surface area contributed by atoms with Crippen LogP contribution in [0.3, 0.4) is 0 Å². The number of rotatable bonds is 2. The zero-order chi connectivity index (χ0) is 12.3. The Kier molecular flexibility index (Phi) is 2.93. The van der Waals surface area contributed by atoms with Crippen LogP contribution in [0.1, 0.15) is 5.56 Å². The monoisotopic (exact) mass is 227 g/mol. The first-order chi connectivity index (χ1) is 8.20. The molecule has 0 saturated carbocycles. The van der Waals surface area contributed by atoms with E-state index in [1.165, 1.54) is 6.07 Å². The van der Waals surface area contributed by atoms with Gasteiger partial charge in [-0.2, -0.15) is 5.26 Å². The van der Waals surface area contributed by atoms with Crippen LogP contribution in [0.15, 0.2) is 42.5 Å². The lowest BCUT2D eigenvalue weighted by Gasteiger charge is -2.08. The quantitative estimate of drug-likeness (QED) is 0.775. The van der Waals surface area contributed by atoms with E-state index < -0.39 is 5.82 Å². The van der Waals surface area contributed by atoms with Gasteiger partial charge in [-0.3, -0.25) is 0 Å². The molecule has 0 bridgehead atoms. The molecule has 17 heavy (non-hydrogen) atoms. The predicted molar refractivity (Wildman–Crippen MR) is 65.3 cm³/mol. The molecule has 0 spiro atoms. The molecule has 0 saturated heterocycles. The van der Waals surface area contributed by atoms with Crippen molar-refractivity contribution in [2.45, 2.75) is 0 Å². The van der Waals surface area contributed by atoms with Crippen molar-refractivity contribution in [3.8, 4) is 6.07 Å². The molecular formula is C13H10FN3. The summed E-state index contributed by atoms with van der Waals surface area (Å²) < 4.78 is 13.3. The van der Waals surface area contributed by atoms with Gasteiger partial charge in [0.25, 0.3) is 0 Å². The summed E-state index contributed by atoms with van der Waals surface area (Å²) in [6.45, 7) is 0. The van der Waals surface area contributed by atoms with E-state index in [1.807, 2.05) is 6.07 Å². The van der Waals surface area contributed by atoms with Gasteiger partial charge in [-0.1, -0.05) is 12.1 Å². The number of nitrogens with two attached hydrogens (primary N) is 1. The molecule has 4 heteroatoms. The van der Waals surface area contributed by atoms with Crippen LogP contribution in [-0.2, 0) is 0 Å². The van der Waals surface area contributed by atoms with Crippen LogP contribution in [0.5, 0.6) is 0 Å². The normalized spacial score (nSPS) is 9.65. The van der Waals surface area contributed by atoms with Crippen molar-refractivity contribution >= 4 is 17.1 Å². The van der Waals surface area contributed by atoms with E-state index in [2.05, 4.69) is 5.32 Å². The van der Waals surface area contributed by atoms with Crippen LogP contribution in [0.2, 0.25) is 0 Å². The molecular weight excluding hydrogens is 217 g/mol. The summed E-state index contributed by atoms with van der Waals surface area (Å²) in [5, 5.41) is 11.8. The van der Waals surface area contributed by atoms with Crippen molar-refractivity contribution in [2.75, 3.05) is 11.1 Å². The van der Waals surface area contributed by atoms with Crippen LogP contribution >= 0.6 is 0 Å². The van der Waals surface area contributed by atoms with Crippen LogP contribution in [0.25, 0.3) is 0 Å². The van der Waals surface area contributed by atoms with Crippen LogP contribution in [0, 0.1) is 17.1 Å². The zero-order valence-electron chi connectivity index (χ0n) is 8.94. The molecule has 0 unspecified atom stereocenters. The van der Waals surface area contributed by atoms with Crippen molar-refractivity contribution in [1.82, 2.24) is 0 Å². The Hall–Kier alpha value is -2.54. The average molecular weight is 227 g/mol. The topological polar surface area (TPSA) is 61.8 Å². The third kappa shape index (κ3) is 2.34. The summed E-state index contributed by atoms with van der Waals surface area (Å²) in [6, 6.07) is 13.3. The highest BCUT2D eigenvalue weighted by molar-refractivity contribution is 5.68. The third-order valence-electron chi connectivity index (χ3n) is 2.29. The predicted octanol–water partition coefficient (Wildman–Crippen LogP) is 3.02. The van der Waals surface area contributed by atoms with Gasteiger partial charge in [-0.05, 0) is 30.3 Å². The van der Waals surface area contributed by atoms with Gasteiger partial charge >= 0.3 is 0 Å². The maximum Gasteiger partial charge on any atom is 0.143 e. The van der Waals surface area contributed by atoms with Crippen LogP contribution in [0.4, 0.5) is 21.5 Å². The van der Waals surface area contributed by atoms with Gasteiger partial charge in [0.15, 0.2) is 0 Å². The standard InChI is InChI=1S/C13H10FN3/c14-12-5-2-6-13(11(12)8-15)17-10-4-1-3-9(16)7-10/h1-7,17H,16H2. The fraction of sp³-hybridized carbons (Fsp3) is 0. The van der Waals surface area contributed by atoms with Gasteiger partial charge in [-0.15, -0.1) is 0 Å². The highest BCUT2D eigenvalue weighted by atomic mass is 19.1. The number of halogens is 1. The fourth-order valence-corrected chi connectivity index (χ4v) is 1.51. The van der Waals surface area contributed by atoms with E-state index in [1.54, 1.807) is 36.4 Å². The lowest BCUT2D eigenvalue weighted by atomic mass is 10.1. The number of anilines is 3. The number of nitrogens with one attached hydrogen (secondary N) is 1. The maximum absolute atomic E-state index is 13.3. The number of hydrogen-bond acceptors (Lipinski definition) is 3. The Labute approximate surface area is 98.3 Å². The summed E-state index contributed by atoms with van der Waals surface area (Å²) in [6.07, 6.45) is 0. The lowest BCUT2D eigenvalue weighted by molar-refractivity contribution is 0.624. The van der Waals surface area contributed by atoms with Crippen molar-refractivity contribution in [3.63, 3.8) is 0 Å². The van der Waals surface area contributed by atoms with Gasteiger partial charge < -0.3 is 11.1 Å². The highest BCUT2D eigenvalue weighted by Gasteiger charge is 2.07. The highest BCUT2D eigenvalue weighted by Crippen LogP contribution is 2.23. The molecule has 0 amide bonds. The zero-order valence-corrected chi connectivity index (χ0v) is 8.94. The summed E-state index contributed by atoms with van der Waals surface area (Å²) in [4.78, 5) is 0. The number of hydrogen-bond donors (Lipinski definition) is 2. The summed E-state index contributed by atoms with van der Waals surface area (Å²) >= 11 is 0. The molecule has 0 atom stereocenters. The number of benzene rings is 2. The molecule has 0 aromatic heterocycles. The lowest BCUT2D eigenvalue weighted by Crippen LogP contribution is -1.96. The molecule has 0 aliphatic heterocycles. The molecule has 2 aromatic carbocycles. The Morgan fingerprint density at radius 2 is 1.94 bits per heavy atom. The Balaban J connectivity index is 2.37. The molecule has 0 radical (unpaired) electrons. The molecule has 3 nitrogen and oxygen atoms in total. The van der Waals surface area contributed by atoms with E-state index >= 15 is 0 Å². The molecule has 0 heterocycles. The number of nitriles is 1. The summed E-state index contributed by atoms with van der Waals surface area (Å²) in [7, 11) is 0. The minimum atomic E-state index is -0.540. The van der Waals surface area contributed by atoms with Crippen molar-refractivity contribution < 1.29 is 4.39 Å². The van der Waals surface area contributed by atoms with E-state index in [-0.39, 0.29) is 5.56 Å². The first kappa shape index (κ1) is 11.0. The van der Waals surface area contributed by atoms with Gasteiger partial charge in [0, 0.05) is 11.4 Å². The van der Waals surface area contributed by atoms with Crippen molar-refractivity contribution in [3.05, 3.63) is 53.8 Å². The van der Waals surface area contributed by atoms with Crippen LogP contribution in [-0.4, -0.2) is 0 Å². The van der Waals surface area contributed by atoms with Gasteiger partial charge in [0.2, 0.25) is 0 Å². The minimum Gasteiger partial charge on any atom is -0.399 e. The first-order valence-electron chi connectivity index (χ1n) is 5.02. The molecule has 3 N–H and O–H groups in total. The van der Waals surface area contributed by atoms with E-state index in [0.29, 0.717) is 17.1 Å². The molecule has 0 fully saturated rings.